The number of hydrogen-bond donors (Lipinski definition) is 2. The molecular formula is C10H8F2N4O2. The Bertz CT molecular complexity index is 659. The second-order valence-corrected chi connectivity index (χ2v) is 3.64. The fourth-order valence-electron chi connectivity index (χ4n) is 1.33. The van der Waals surface area contributed by atoms with Crippen LogP contribution in [0.1, 0.15) is 12.6 Å². The van der Waals surface area contributed by atoms with Crippen molar-refractivity contribution in [2.45, 2.75) is 12.8 Å². The van der Waals surface area contributed by atoms with Gasteiger partial charge in [-0.1, -0.05) is 6.07 Å². The molecule has 0 atom stereocenters. The van der Waals surface area contributed by atoms with Crippen LogP contribution in [0.4, 0.5) is 8.78 Å². The normalized spacial score (nSPS) is 11.5. The number of alkyl halides is 2. The average Bonchev–Trinajstić information content (AvgIpc) is 2.27. The molecule has 6 nitrogen and oxygen atoms in total. The molecule has 0 radical (unpaired) electrons. The number of aromatic amines is 2. The molecule has 0 unspecified atom stereocenters. The lowest BCUT2D eigenvalue weighted by atomic mass is 10.2. The maximum atomic E-state index is 13.1. The van der Waals surface area contributed by atoms with E-state index in [2.05, 4.69) is 15.0 Å². The first-order valence-electron chi connectivity index (χ1n) is 4.92. The first kappa shape index (κ1) is 12.1. The SMILES string of the molecule is CC(F)(F)c1cccc(-c2nc(=O)[nH]c(=O)[nH]2)n1. The van der Waals surface area contributed by atoms with Crippen molar-refractivity contribution in [1.82, 2.24) is 19.9 Å². The predicted molar refractivity (Wildman–Crippen MR) is 58.3 cm³/mol. The Kier molecular flexibility index (Phi) is 2.77. The molecule has 2 aromatic rings. The smallest absolute Gasteiger partial charge is 0.290 e. The number of hydrogen-bond acceptors (Lipinski definition) is 4. The van der Waals surface area contributed by atoms with Crippen LogP contribution in [0, 0.1) is 0 Å². The number of nitrogens with zero attached hydrogens (tertiary/aromatic N) is 2. The number of aromatic nitrogens is 4. The van der Waals surface area contributed by atoms with E-state index in [1.165, 1.54) is 12.1 Å². The van der Waals surface area contributed by atoms with E-state index < -0.39 is 23.0 Å². The highest BCUT2D eigenvalue weighted by Crippen LogP contribution is 2.26. The molecule has 18 heavy (non-hydrogen) atoms. The maximum Gasteiger partial charge on any atom is 0.351 e. The van der Waals surface area contributed by atoms with Gasteiger partial charge in [0.15, 0.2) is 5.82 Å². The first-order chi connectivity index (χ1) is 8.36. The van der Waals surface area contributed by atoms with Crippen molar-refractivity contribution in [3.8, 4) is 11.5 Å². The second kappa shape index (κ2) is 4.13. The van der Waals surface area contributed by atoms with E-state index in [0.717, 1.165) is 6.07 Å². The Morgan fingerprint density at radius 2 is 1.89 bits per heavy atom. The molecule has 0 aromatic carbocycles. The quantitative estimate of drug-likeness (QED) is 0.822. The number of nitrogens with one attached hydrogen (secondary N) is 2. The molecule has 2 heterocycles. The van der Waals surface area contributed by atoms with E-state index in [0.29, 0.717) is 6.92 Å². The topological polar surface area (TPSA) is 91.5 Å². The highest BCUT2D eigenvalue weighted by Gasteiger charge is 2.26. The molecule has 0 saturated carbocycles. The third-order valence-electron chi connectivity index (χ3n) is 2.11. The van der Waals surface area contributed by atoms with Crippen LogP contribution in [-0.4, -0.2) is 19.9 Å². The van der Waals surface area contributed by atoms with Gasteiger partial charge in [-0.15, -0.1) is 0 Å². The third-order valence-corrected chi connectivity index (χ3v) is 2.11. The summed E-state index contributed by atoms with van der Waals surface area (Å²) in [7, 11) is 0. The Hall–Kier alpha value is -2.38. The lowest BCUT2D eigenvalue weighted by Crippen LogP contribution is -2.25. The Balaban J connectivity index is 2.58. The molecule has 2 aromatic heterocycles. The van der Waals surface area contributed by atoms with Crippen molar-refractivity contribution < 1.29 is 8.78 Å². The molecule has 0 fully saturated rings. The summed E-state index contributed by atoms with van der Waals surface area (Å²) in [6.07, 6.45) is 0. The molecular weight excluding hydrogens is 246 g/mol. The molecule has 94 valence electrons. The summed E-state index contributed by atoms with van der Waals surface area (Å²) in [5, 5.41) is 0. The van der Waals surface area contributed by atoms with Crippen molar-refractivity contribution >= 4 is 0 Å². The van der Waals surface area contributed by atoms with E-state index in [9.17, 15) is 18.4 Å². The summed E-state index contributed by atoms with van der Waals surface area (Å²) in [5.74, 6) is -3.27. The minimum atomic E-state index is -3.11. The van der Waals surface area contributed by atoms with Gasteiger partial charge >= 0.3 is 11.4 Å². The molecule has 8 heteroatoms. The number of halogens is 2. The zero-order chi connectivity index (χ0) is 13.3. The highest BCUT2D eigenvalue weighted by atomic mass is 19.3. The first-order valence-corrected chi connectivity index (χ1v) is 4.92. The van der Waals surface area contributed by atoms with Crippen LogP contribution in [0.3, 0.4) is 0 Å². The molecule has 0 aliphatic heterocycles. The Labute approximate surface area is 98.8 Å². The highest BCUT2D eigenvalue weighted by molar-refractivity contribution is 5.48. The lowest BCUT2D eigenvalue weighted by Gasteiger charge is -2.10. The fraction of sp³-hybridized carbons (Fsp3) is 0.200. The van der Waals surface area contributed by atoms with Crippen LogP contribution < -0.4 is 11.4 Å². The van der Waals surface area contributed by atoms with Gasteiger partial charge in [0.1, 0.15) is 11.4 Å². The minimum Gasteiger partial charge on any atom is -0.290 e. The van der Waals surface area contributed by atoms with Crippen LogP contribution in [0.15, 0.2) is 27.8 Å². The summed E-state index contributed by atoms with van der Waals surface area (Å²) < 4.78 is 26.2. The van der Waals surface area contributed by atoms with Crippen molar-refractivity contribution in [1.29, 1.82) is 0 Å². The van der Waals surface area contributed by atoms with E-state index in [1.807, 2.05) is 4.98 Å². The number of pyridine rings is 1. The molecule has 2 rings (SSSR count). The van der Waals surface area contributed by atoms with Gasteiger partial charge in [-0.2, -0.15) is 13.8 Å². The van der Waals surface area contributed by atoms with Gasteiger partial charge in [0.25, 0.3) is 5.92 Å². The maximum absolute atomic E-state index is 13.1. The van der Waals surface area contributed by atoms with Crippen LogP contribution >= 0.6 is 0 Å². The lowest BCUT2D eigenvalue weighted by molar-refractivity contribution is 0.0129. The Morgan fingerprint density at radius 1 is 1.17 bits per heavy atom. The molecule has 0 aliphatic carbocycles. The van der Waals surface area contributed by atoms with Crippen LogP contribution in [0.25, 0.3) is 11.5 Å². The number of H-pyrrole nitrogens is 2. The molecule has 0 saturated heterocycles. The standard InChI is InChI=1S/C10H8F2N4O2/c1-10(11,12)6-4-2-3-5(13-6)7-14-8(17)16-9(18)15-7/h2-4H,1H3,(H2,14,15,16,17,18). The van der Waals surface area contributed by atoms with Crippen LogP contribution in [0.2, 0.25) is 0 Å². The summed E-state index contributed by atoms with van der Waals surface area (Å²) in [6.45, 7) is 0.701. The molecule has 0 bridgehead atoms. The minimum absolute atomic E-state index is 0.00257. The van der Waals surface area contributed by atoms with Crippen molar-refractivity contribution in [2.75, 3.05) is 0 Å². The fourth-order valence-corrected chi connectivity index (χ4v) is 1.33. The van der Waals surface area contributed by atoms with Crippen molar-refractivity contribution in [3.05, 3.63) is 44.9 Å². The Morgan fingerprint density at radius 3 is 2.50 bits per heavy atom. The summed E-state index contributed by atoms with van der Waals surface area (Å²) >= 11 is 0. The molecule has 0 amide bonds. The zero-order valence-electron chi connectivity index (χ0n) is 9.20. The van der Waals surface area contributed by atoms with E-state index in [-0.39, 0.29) is 11.5 Å². The second-order valence-electron chi connectivity index (χ2n) is 3.64. The van der Waals surface area contributed by atoms with Crippen molar-refractivity contribution in [2.24, 2.45) is 0 Å². The molecule has 0 aliphatic rings. The largest absolute Gasteiger partial charge is 0.351 e. The molecule has 2 N–H and O–H groups in total. The van der Waals surface area contributed by atoms with E-state index in [1.54, 1.807) is 0 Å². The zero-order valence-corrected chi connectivity index (χ0v) is 9.20. The van der Waals surface area contributed by atoms with Gasteiger partial charge in [0, 0.05) is 6.92 Å². The molecule has 0 spiro atoms. The summed E-state index contributed by atoms with van der Waals surface area (Å²) in [5.41, 5.74) is -2.12. The van der Waals surface area contributed by atoms with Gasteiger partial charge in [-0.25, -0.2) is 14.6 Å². The summed E-state index contributed by atoms with van der Waals surface area (Å²) in [6, 6.07) is 3.86. The average molecular weight is 254 g/mol. The van der Waals surface area contributed by atoms with Crippen LogP contribution in [-0.2, 0) is 5.92 Å². The van der Waals surface area contributed by atoms with E-state index in [4.69, 9.17) is 0 Å². The van der Waals surface area contributed by atoms with Crippen molar-refractivity contribution in [3.63, 3.8) is 0 Å². The van der Waals surface area contributed by atoms with E-state index >= 15 is 0 Å². The number of rotatable bonds is 2. The summed E-state index contributed by atoms with van der Waals surface area (Å²) in [4.78, 5) is 33.2. The van der Waals surface area contributed by atoms with Gasteiger partial charge in [0.2, 0.25) is 0 Å². The van der Waals surface area contributed by atoms with Gasteiger partial charge in [-0.05, 0) is 12.1 Å². The van der Waals surface area contributed by atoms with Gasteiger partial charge in [-0.3, -0.25) is 9.97 Å². The van der Waals surface area contributed by atoms with Gasteiger partial charge < -0.3 is 0 Å². The van der Waals surface area contributed by atoms with Crippen LogP contribution in [0.5, 0.6) is 0 Å². The third kappa shape index (κ3) is 2.47. The van der Waals surface area contributed by atoms with Gasteiger partial charge in [0.05, 0.1) is 0 Å². The monoisotopic (exact) mass is 254 g/mol. The predicted octanol–water partition coefficient (Wildman–Crippen LogP) is 0.632.